The van der Waals surface area contributed by atoms with Crippen LogP contribution in [0.1, 0.15) is 12.5 Å². The highest BCUT2D eigenvalue weighted by Crippen LogP contribution is 2.31. The van der Waals surface area contributed by atoms with Gasteiger partial charge in [0.25, 0.3) is 0 Å². The van der Waals surface area contributed by atoms with Crippen LogP contribution in [-0.4, -0.2) is 18.6 Å². The number of aromatic nitrogens is 1. The van der Waals surface area contributed by atoms with E-state index in [0.29, 0.717) is 17.4 Å². The first kappa shape index (κ1) is 13.2. The lowest BCUT2D eigenvalue weighted by Crippen LogP contribution is -2.00. The molecule has 0 amide bonds. The molecule has 2 aromatic rings. The van der Waals surface area contributed by atoms with E-state index < -0.39 is 0 Å². The van der Waals surface area contributed by atoms with Crippen molar-refractivity contribution in [3.63, 3.8) is 0 Å². The van der Waals surface area contributed by atoms with Crippen LogP contribution in [0, 0.1) is 6.92 Å². The van der Waals surface area contributed by atoms with Crippen molar-refractivity contribution in [3.8, 4) is 17.4 Å². The van der Waals surface area contributed by atoms with Gasteiger partial charge in [-0.05, 0) is 37.6 Å². The summed E-state index contributed by atoms with van der Waals surface area (Å²) in [4.78, 5) is 4.37. The lowest BCUT2D eigenvalue weighted by atomic mass is 10.2. The Labute approximate surface area is 113 Å². The van der Waals surface area contributed by atoms with Crippen LogP contribution in [0.3, 0.4) is 0 Å². The van der Waals surface area contributed by atoms with Gasteiger partial charge < -0.3 is 14.8 Å². The monoisotopic (exact) mass is 258 g/mol. The van der Waals surface area contributed by atoms with Crippen molar-refractivity contribution >= 4 is 5.82 Å². The number of hydrogen-bond donors (Lipinski definition) is 1. The fourth-order valence-corrected chi connectivity index (χ4v) is 1.72. The second kappa shape index (κ2) is 6.09. The van der Waals surface area contributed by atoms with E-state index in [1.165, 1.54) is 0 Å². The van der Waals surface area contributed by atoms with Gasteiger partial charge in [-0.3, -0.25) is 0 Å². The molecular weight excluding hydrogens is 240 g/mol. The normalized spacial score (nSPS) is 10.1. The largest absolute Gasteiger partial charge is 0.493 e. The minimum atomic E-state index is 0.542. The molecule has 0 bridgehead atoms. The number of pyridine rings is 1. The quantitative estimate of drug-likeness (QED) is 0.889. The molecule has 1 N–H and O–H groups in total. The molecular formula is C15H18N2O2. The molecule has 0 unspecified atom stereocenters. The van der Waals surface area contributed by atoms with Crippen LogP contribution in [0.4, 0.5) is 5.82 Å². The van der Waals surface area contributed by atoms with Crippen molar-refractivity contribution in [1.29, 1.82) is 0 Å². The van der Waals surface area contributed by atoms with Crippen LogP contribution in [0.2, 0.25) is 0 Å². The fourth-order valence-electron chi connectivity index (χ4n) is 1.72. The molecule has 0 saturated heterocycles. The summed E-state index contributed by atoms with van der Waals surface area (Å²) in [6.45, 7) is 4.86. The highest BCUT2D eigenvalue weighted by Gasteiger charge is 2.07. The molecule has 0 atom stereocenters. The third kappa shape index (κ3) is 3.37. The van der Waals surface area contributed by atoms with Gasteiger partial charge in [0.1, 0.15) is 5.82 Å². The van der Waals surface area contributed by atoms with Gasteiger partial charge in [-0.25, -0.2) is 0 Å². The van der Waals surface area contributed by atoms with E-state index in [0.717, 1.165) is 17.9 Å². The average Bonchev–Trinajstić information content (AvgIpc) is 2.41. The lowest BCUT2D eigenvalue weighted by molar-refractivity contribution is 0.374. The molecule has 2 rings (SSSR count). The van der Waals surface area contributed by atoms with Crippen LogP contribution in [0.5, 0.6) is 17.4 Å². The maximum Gasteiger partial charge on any atom is 0.221 e. The molecule has 0 radical (unpaired) electrons. The molecule has 1 aromatic heterocycles. The van der Waals surface area contributed by atoms with Crippen LogP contribution < -0.4 is 14.8 Å². The highest BCUT2D eigenvalue weighted by molar-refractivity contribution is 5.45. The number of nitrogens with zero attached hydrogens (tertiary/aromatic N) is 1. The lowest BCUT2D eigenvalue weighted by Gasteiger charge is -2.11. The number of aryl methyl sites for hydroxylation is 1. The fraction of sp³-hybridized carbons (Fsp3) is 0.267. The van der Waals surface area contributed by atoms with Crippen LogP contribution in [0.25, 0.3) is 0 Å². The van der Waals surface area contributed by atoms with Gasteiger partial charge >= 0.3 is 0 Å². The smallest absolute Gasteiger partial charge is 0.221 e. The van der Waals surface area contributed by atoms with E-state index in [1.54, 1.807) is 7.11 Å². The second-order valence-electron chi connectivity index (χ2n) is 4.15. The van der Waals surface area contributed by atoms with E-state index in [9.17, 15) is 0 Å². The van der Waals surface area contributed by atoms with Gasteiger partial charge in [0, 0.05) is 12.6 Å². The van der Waals surface area contributed by atoms with Gasteiger partial charge in [0.2, 0.25) is 5.88 Å². The molecule has 0 spiro atoms. The standard InChI is InChI=1S/C15H18N2O2/c1-4-16-14-6-5-7-15(17-14)19-12-9-8-11(2)10-13(12)18-3/h5-10H,4H2,1-3H3,(H,16,17). The zero-order valence-corrected chi connectivity index (χ0v) is 11.4. The van der Waals surface area contributed by atoms with E-state index in [1.807, 2.05) is 50.2 Å². The predicted molar refractivity (Wildman–Crippen MR) is 76.2 cm³/mol. The Morgan fingerprint density at radius 1 is 1.16 bits per heavy atom. The molecule has 0 fully saturated rings. The molecule has 4 nitrogen and oxygen atoms in total. The summed E-state index contributed by atoms with van der Waals surface area (Å²) in [6, 6.07) is 11.4. The maximum atomic E-state index is 5.77. The molecule has 1 aromatic carbocycles. The van der Waals surface area contributed by atoms with Crippen LogP contribution in [-0.2, 0) is 0 Å². The zero-order valence-electron chi connectivity index (χ0n) is 11.4. The van der Waals surface area contributed by atoms with Gasteiger partial charge in [-0.1, -0.05) is 12.1 Å². The molecule has 100 valence electrons. The van der Waals surface area contributed by atoms with Crippen molar-refractivity contribution < 1.29 is 9.47 Å². The molecule has 0 aliphatic rings. The van der Waals surface area contributed by atoms with E-state index in [4.69, 9.17) is 9.47 Å². The summed E-state index contributed by atoms with van der Waals surface area (Å²) in [5, 5.41) is 3.15. The number of rotatable bonds is 5. The van der Waals surface area contributed by atoms with Gasteiger partial charge in [-0.2, -0.15) is 4.98 Å². The minimum Gasteiger partial charge on any atom is -0.493 e. The Hall–Kier alpha value is -2.23. The zero-order chi connectivity index (χ0) is 13.7. The molecule has 4 heteroatoms. The number of methoxy groups -OCH3 is 1. The van der Waals surface area contributed by atoms with Crippen molar-refractivity contribution in [3.05, 3.63) is 42.0 Å². The Kier molecular flexibility index (Phi) is 4.23. The molecule has 1 heterocycles. The first-order valence-electron chi connectivity index (χ1n) is 6.26. The molecule has 0 aliphatic heterocycles. The highest BCUT2D eigenvalue weighted by atomic mass is 16.5. The average molecular weight is 258 g/mol. The van der Waals surface area contributed by atoms with Gasteiger partial charge in [0.05, 0.1) is 7.11 Å². The third-order valence-corrected chi connectivity index (χ3v) is 2.62. The first-order chi connectivity index (χ1) is 9.22. The van der Waals surface area contributed by atoms with Crippen molar-refractivity contribution in [1.82, 2.24) is 4.98 Å². The van der Waals surface area contributed by atoms with E-state index >= 15 is 0 Å². The summed E-state index contributed by atoms with van der Waals surface area (Å²) in [6.07, 6.45) is 0. The Morgan fingerprint density at radius 2 is 2.00 bits per heavy atom. The van der Waals surface area contributed by atoms with Crippen LogP contribution >= 0.6 is 0 Å². The van der Waals surface area contributed by atoms with Crippen LogP contribution in [0.15, 0.2) is 36.4 Å². The number of ether oxygens (including phenoxy) is 2. The van der Waals surface area contributed by atoms with Crippen molar-refractivity contribution in [2.24, 2.45) is 0 Å². The van der Waals surface area contributed by atoms with Gasteiger partial charge in [0.15, 0.2) is 11.5 Å². The second-order valence-corrected chi connectivity index (χ2v) is 4.15. The molecule has 19 heavy (non-hydrogen) atoms. The molecule has 0 saturated carbocycles. The number of hydrogen-bond acceptors (Lipinski definition) is 4. The maximum absolute atomic E-state index is 5.77. The summed E-state index contributed by atoms with van der Waals surface area (Å²) < 4.78 is 11.1. The first-order valence-corrected chi connectivity index (χ1v) is 6.26. The Bertz CT molecular complexity index is 556. The van der Waals surface area contributed by atoms with Crippen molar-refractivity contribution in [2.75, 3.05) is 19.0 Å². The SMILES string of the molecule is CCNc1cccc(Oc2ccc(C)cc2OC)n1. The summed E-state index contributed by atoms with van der Waals surface area (Å²) in [5.41, 5.74) is 1.12. The topological polar surface area (TPSA) is 43.4 Å². The molecule has 0 aliphatic carbocycles. The number of anilines is 1. The number of benzene rings is 1. The minimum absolute atomic E-state index is 0.542. The Morgan fingerprint density at radius 3 is 2.74 bits per heavy atom. The van der Waals surface area contributed by atoms with E-state index in [2.05, 4.69) is 10.3 Å². The predicted octanol–water partition coefficient (Wildman–Crippen LogP) is 3.62. The van der Waals surface area contributed by atoms with Crippen molar-refractivity contribution in [2.45, 2.75) is 13.8 Å². The van der Waals surface area contributed by atoms with Gasteiger partial charge in [-0.15, -0.1) is 0 Å². The summed E-state index contributed by atoms with van der Waals surface area (Å²) in [7, 11) is 1.63. The summed E-state index contributed by atoms with van der Waals surface area (Å²) in [5.74, 6) is 2.71. The summed E-state index contributed by atoms with van der Waals surface area (Å²) >= 11 is 0. The van der Waals surface area contributed by atoms with E-state index in [-0.39, 0.29) is 0 Å². The number of nitrogens with one attached hydrogen (secondary N) is 1. The third-order valence-electron chi connectivity index (χ3n) is 2.62. The Balaban J connectivity index is 2.23.